The zero-order chi connectivity index (χ0) is 35.3. The molecule has 9 heterocycles. The maximum absolute atomic E-state index is 6.79. The third-order valence-electron chi connectivity index (χ3n) is 8.87. The van der Waals surface area contributed by atoms with Gasteiger partial charge in [0.15, 0.2) is 0 Å². The average Bonchev–Trinajstić information content (AvgIpc) is 3.99. The van der Waals surface area contributed by atoms with Gasteiger partial charge in [0, 0.05) is 91.4 Å². The molecule has 0 fully saturated rings. The summed E-state index contributed by atoms with van der Waals surface area (Å²) in [5.74, 6) is 0. The number of aromatic nitrogens is 8. The van der Waals surface area contributed by atoms with Crippen LogP contribution in [-0.4, -0.2) is 39.9 Å². The number of rotatable bonds is 4. The van der Waals surface area contributed by atoms with Gasteiger partial charge in [-0.15, -0.1) is 0 Å². The van der Waals surface area contributed by atoms with Crippen LogP contribution in [0.5, 0.6) is 0 Å². The summed E-state index contributed by atoms with van der Waals surface area (Å²) >= 11 is 27.1. The fraction of sp³-hybridized carbons (Fsp3) is 0. The van der Waals surface area contributed by atoms with Crippen LogP contribution in [0.25, 0.3) is 90.9 Å². The Morgan fingerprint density at radius 1 is 0.346 bits per heavy atom. The quantitative estimate of drug-likeness (QED) is 0.173. The van der Waals surface area contributed by atoms with Gasteiger partial charge >= 0.3 is 0 Å². The number of pyridine rings is 4. The molecule has 0 atom stereocenters. The zero-order valence-corrected chi connectivity index (χ0v) is 29.8. The van der Waals surface area contributed by atoms with Gasteiger partial charge in [0.2, 0.25) is 0 Å². The van der Waals surface area contributed by atoms with Crippen LogP contribution in [0, 0.1) is 0 Å². The first-order valence-corrected chi connectivity index (χ1v) is 17.6. The van der Waals surface area contributed by atoms with Crippen LogP contribution in [0.2, 0.25) is 20.6 Å². The number of halogens is 4. The number of aromatic amines is 2. The monoisotopic (exact) mass is 754 g/mol. The Labute approximate surface area is 316 Å². The van der Waals surface area contributed by atoms with E-state index in [-0.39, 0.29) is 0 Å². The van der Waals surface area contributed by atoms with Crippen LogP contribution in [0.3, 0.4) is 0 Å². The summed E-state index contributed by atoms with van der Waals surface area (Å²) in [7, 11) is 0. The molecule has 9 rings (SSSR count). The molecule has 0 saturated carbocycles. The van der Waals surface area contributed by atoms with Crippen LogP contribution < -0.4 is 0 Å². The van der Waals surface area contributed by atoms with Crippen molar-refractivity contribution in [3.8, 4) is 44.5 Å². The van der Waals surface area contributed by atoms with E-state index < -0.39 is 0 Å². The number of nitrogens with zero attached hydrogens (tertiary/aromatic N) is 6. The molecule has 0 spiro atoms. The van der Waals surface area contributed by atoms with Gasteiger partial charge in [0.05, 0.1) is 22.8 Å². The summed E-state index contributed by atoms with van der Waals surface area (Å²) in [4.78, 5) is 35.3. The third kappa shape index (κ3) is 5.57. The molecular weight excluding hydrogens is 734 g/mol. The minimum Gasteiger partial charge on any atom is -0.354 e. The minimum absolute atomic E-state index is 0.333. The van der Waals surface area contributed by atoms with Crippen LogP contribution in [0.4, 0.5) is 0 Å². The fourth-order valence-electron chi connectivity index (χ4n) is 6.63. The predicted molar refractivity (Wildman–Crippen MR) is 212 cm³/mol. The Bertz CT molecular complexity index is 2450. The average molecular weight is 756 g/mol. The number of hydrogen-bond donors (Lipinski definition) is 2. The van der Waals surface area contributed by atoms with Crippen molar-refractivity contribution in [1.82, 2.24) is 39.9 Å². The van der Waals surface area contributed by atoms with Crippen molar-refractivity contribution in [2.75, 3.05) is 0 Å². The SMILES string of the molecule is Clc1ncccc1-c1c2nc(c(-c3cccnc3Cl)c3ccc([nH]3)c(-c3cccnc3Cl)c3nc(c(-c4cccnc4Cl)c4ccc1[nH]4)C=C3)C=C2. The Hall–Kier alpha value is -5.64. The van der Waals surface area contributed by atoms with E-state index in [1.165, 1.54) is 0 Å². The minimum atomic E-state index is 0.333. The van der Waals surface area contributed by atoms with E-state index in [1.807, 2.05) is 97.1 Å². The molecular formula is C40H22Cl4N8. The van der Waals surface area contributed by atoms with Gasteiger partial charge in [-0.2, -0.15) is 0 Å². The smallest absolute Gasteiger partial charge is 0.136 e. The normalized spacial score (nSPS) is 12.1. The second-order valence-electron chi connectivity index (χ2n) is 11.9. The number of H-pyrrole nitrogens is 2. The largest absolute Gasteiger partial charge is 0.354 e. The summed E-state index contributed by atoms with van der Waals surface area (Å²) in [5, 5.41) is 1.33. The fourth-order valence-corrected chi connectivity index (χ4v) is 7.48. The van der Waals surface area contributed by atoms with E-state index in [1.54, 1.807) is 24.8 Å². The van der Waals surface area contributed by atoms with Crippen molar-refractivity contribution >= 4 is 92.8 Å². The molecule has 2 N–H and O–H groups in total. The molecule has 2 aliphatic rings. The van der Waals surface area contributed by atoms with E-state index in [2.05, 4.69) is 29.9 Å². The van der Waals surface area contributed by atoms with Crippen molar-refractivity contribution in [3.05, 3.63) is 141 Å². The molecule has 52 heavy (non-hydrogen) atoms. The summed E-state index contributed by atoms with van der Waals surface area (Å²) < 4.78 is 0. The van der Waals surface area contributed by atoms with Crippen molar-refractivity contribution < 1.29 is 0 Å². The first-order chi connectivity index (χ1) is 25.4. The molecule has 0 unspecified atom stereocenters. The Morgan fingerprint density at radius 3 is 0.827 bits per heavy atom. The van der Waals surface area contributed by atoms with E-state index in [9.17, 15) is 0 Å². The van der Waals surface area contributed by atoms with Gasteiger partial charge in [-0.3, -0.25) is 0 Å². The van der Waals surface area contributed by atoms with Crippen LogP contribution in [-0.2, 0) is 0 Å². The van der Waals surface area contributed by atoms with E-state index in [4.69, 9.17) is 56.4 Å². The van der Waals surface area contributed by atoms with Crippen molar-refractivity contribution in [3.63, 3.8) is 0 Å². The van der Waals surface area contributed by atoms with Gasteiger partial charge in [-0.1, -0.05) is 46.4 Å². The number of hydrogen-bond acceptors (Lipinski definition) is 6. The van der Waals surface area contributed by atoms with Gasteiger partial charge in [0.1, 0.15) is 20.6 Å². The highest BCUT2D eigenvalue weighted by Crippen LogP contribution is 2.41. The second kappa shape index (κ2) is 13.2. The molecule has 0 amide bonds. The molecule has 7 aromatic rings. The van der Waals surface area contributed by atoms with Gasteiger partial charge in [0.25, 0.3) is 0 Å². The number of nitrogens with one attached hydrogen (secondary N) is 2. The first kappa shape index (κ1) is 32.3. The lowest BCUT2D eigenvalue weighted by molar-refractivity contribution is 1.28. The molecule has 0 radical (unpaired) electrons. The maximum Gasteiger partial charge on any atom is 0.136 e. The molecule has 8 bridgehead atoms. The van der Waals surface area contributed by atoms with E-state index >= 15 is 0 Å². The highest BCUT2D eigenvalue weighted by molar-refractivity contribution is 6.34. The Kier molecular flexibility index (Phi) is 8.17. The molecule has 0 aromatic carbocycles. The summed E-state index contributed by atoms with van der Waals surface area (Å²) in [5.41, 5.74) is 11.5. The standard InChI is InChI=1S/C40H22Cl4N8/c41-37-21(5-1-17-45-37)33-25-9-11-27(49-25)34(22-6-2-18-46-38(22)42)29-13-15-31(51-29)36(24-8-4-20-48-40(24)44)32-16-14-30(52-32)35(28-12-10-26(33)50-28)23-7-3-19-47-39(23)43/h1-20,49,52H. The number of fused-ring (bicyclic) bond motifs is 8. The Balaban J connectivity index is 1.51. The lowest BCUT2D eigenvalue weighted by Gasteiger charge is -2.08. The molecule has 0 aliphatic carbocycles. The summed E-state index contributed by atoms with van der Waals surface area (Å²) in [6.45, 7) is 0. The molecule has 2 aliphatic heterocycles. The molecule has 7 aromatic heterocycles. The highest BCUT2D eigenvalue weighted by Gasteiger charge is 2.22. The zero-order valence-electron chi connectivity index (χ0n) is 26.7. The van der Waals surface area contributed by atoms with Gasteiger partial charge < -0.3 is 9.97 Å². The van der Waals surface area contributed by atoms with Crippen molar-refractivity contribution in [2.24, 2.45) is 0 Å². The van der Waals surface area contributed by atoms with E-state index in [0.717, 1.165) is 44.3 Å². The van der Waals surface area contributed by atoms with Crippen molar-refractivity contribution in [2.45, 2.75) is 0 Å². The lowest BCUT2D eigenvalue weighted by atomic mass is 10.1. The molecule has 0 saturated heterocycles. The highest BCUT2D eigenvalue weighted by atomic mass is 35.5. The lowest BCUT2D eigenvalue weighted by Crippen LogP contribution is -1.92. The Morgan fingerprint density at radius 2 is 0.596 bits per heavy atom. The van der Waals surface area contributed by atoms with E-state index in [0.29, 0.717) is 65.6 Å². The summed E-state index contributed by atoms with van der Waals surface area (Å²) in [6.07, 6.45) is 14.5. The van der Waals surface area contributed by atoms with Gasteiger partial charge in [-0.05, 0) is 97.1 Å². The first-order valence-electron chi connectivity index (χ1n) is 16.0. The topological polar surface area (TPSA) is 109 Å². The van der Waals surface area contributed by atoms with Gasteiger partial charge in [-0.25, -0.2) is 29.9 Å². The predicted octanol–water partition coefficient (Wildman–Crippen LogP) is 11.5. The van der Waals surface area contributed by atoms with Crippen LogP contribution in [0.1, 0.15) is 22.8 Å². The molecule has 12 heteroatoms. The van der Waals surface area contributed by atoms with Crippen LogP contribution in [0.15, 0.2) is 97.6 Å². The van der Waals surface area contributed by atoms with Crippen molar-refractivity contribution in [1.29, 1.82) is 0 Å². The summed E-state index contributed by atoms with van der Waals surface area (Å²) in [6, 6.07) is 23.0. The van der Waals surface area contributed by atoms with Crippen LogP contribution >= 0.6 is 46.4 Å². The molecule has 250 valence electrons. The maximum atomic E-state index is 6.79. The third-order valence-corrected chi connectivity index (χ3v) is 10.1. The molecule has 8 nitrogen and oxygen atoms in total. The second-order valence-corrected chi connectivity index (χ2v) is 13.3.